The number of aromatic nitrogens is 1. The standard InChI is InChI=1S/C19H14F4N4OS/c1-10-4-5-11(7-14(10)20)27-17(29)26(16(28)18(27,2)3)12-6-13(19(21,22)23)15(8-24)25-9-12/h4-7,9H,1-3H3. The molecule has 3 rings (SSSR count). The molecule has 2 aromatic rings. The third-order valence-electron chi connectivity index (χ3n) is 4.62. The predicted molar refractivity (Wildman–Crippen MR) is 102 cm³/mol. The number of alkyl halides is 3. The summed E-state index contributed by atoms with van der Waals surface area (Å²) in [4.78, 5) is 18.8. The molecule has 0 aliphatic carbocycles. The summed E-state index contributed by atoms with van der Waals surface area (Å²) in [5.74, 6) is -1.12. The maximum Gasteiger partial charge on any atom is 0.419 e. The van der Waals surface area contributed by atoms with E-state index in [2.05, 4.69) is 4.98 Å². The van der Waals surface area contributed by atoms with Crippen molar-refractivity contribution >= 4 is 34.6 Å². The van der Waals surface area contributed by atoms with Crippen LogP contribution in [-0.4, -0.2) is 21.5 Å². The lowest BCUT2D eigenvalue weighted by Crippen LogP contribution is -2.44. The van der Waals surface area contributed by atoms with Gasteiger partial charge < -0.3 is 4.90 Å². The highest BCUT2D eigenvalue weighted by atomic mass is 32.1. The van der Waals surface area contributed by atoms with Crippen molar-refractivity contribution in [3.8, 4) is 6.07 Å². The Hall–Kier alpha value is -3.06. The zero-order chi connectivity index (χ0) is 21.7. The monoisotopic (exact) mass is 422 g/mol. The second-order valence-electron chi connectivity index (χ2n) is 6.95. The molecule has 150 valence electrons. The van der Waals surface area contributed by atoms with E-state index in [1.54, 1.807) is 13.0 Å². The number of aryl methyl sites for hydroxylation is 1. The largest absolute Gasteiger partial charge is 0.419 e. The average molecular weight is 422 g/mol. The lowest BCUT2D eigenvalue weighted by Gasteiger charge is -2.29. The number of rotatable bonds is 2. The molecular weight excluding hydrogens is 408 g/mol. The Balaban J connectivity index is 2.13. The van der Waals surface area contributed by atoms with Crippen LogP contribution in [0, 0.1) is 24.1 Å². The van der Waals surface area contributed by atoms with Gasteiger partial charge in [0.25, 0.3) is 5.91 Å². The Morgan fingerprint density at radius 1 is 1.21 bits per heavy atom. The minimum absolute atomic E-state index is 0.122. The number of hydrogen-bond donors (Lipinski definition) is 0. The molecule has 1 fully saturated rings. The first-order valence-electron chi connectivity index (χ1n) is 8.32. The van der Waals surface area contributed by atoms with E-state index in [9.17, 15) is 22.4 Å². The number of carbonyl (C=O) groups excluding carboxylic acids is 1. The fourth-order valence-electron chi connectivity index (χ4n) is 3.06. The van der Waals surface area contributed by atoms with Crippen molar-refractivity contribution in [2.75, 3.05) is 9.80 Å². The molecule has 0 spiro atoms. The molecule has 0 atom stereocenters. The van der Waals surface area contributed by atoms with Crippen molar-refractivity contribution in [2.24, 2.45) is 0 Å². The van der Waals surface area contributed by atoms with Crippen LogP contribution >= 0.6 is 12.2 Å². The lowest BCUT2D eigenvalue weighted by atomic mass is 10.0. The first kappa shape index (κ1) is 20.7. The Bertz CT molecular complexity index is 1070. The maximum absolute atomic E-state index is 14.1. The molecule has 5 nitrogen and oxygen atoms in total. The third kappa shape index (κ3) is 3.31. The Kier molecular flexibility index (Phi) is 4.83. The SMILES string of the molecule is Cc1ccc(N2C(=S)N(c3cnc(C#N)c(C(F)(F)F)c3)C(=O)C2(C)C)cc1F. The summed E-state index contributed by atoms with van der Waals surface area (Å²) in [5, 5.41) is 8.78. The fourth-order valence-corrected chi connectivity index (χ4v) is 3.58. The van der Waals surface area contributed by atoms with Crippen molar-refractivity contribution in [1.82, 2.24) is 4.98 Å². The van der Waals surface area contributed by atoms with Gasteiger partial charge in [0.1, 0.15) is 17.4 Å². The summed E-state index contributed by atoms with van der Waals surface area (Å²) in [5.41, 5.74) is -2.91. The number of nitrogens with zero attached hydrogens (tertiary/aromatic N) is 4. The van der Waals surface area contributed by atoms with Gasteiger partial charge in [0.15, 0.2) is 10.8 Å². The van der Waals surface area contributed by atoms with Gasteiger partial charge in [-0.15, -0.1) is 0 Å². The van der Waals surface area contributed by atoms with Gasteiger partial charge in [-0.05, 0) is 56.8 Å². The molecular formula is C19H14F4N4OS. The molecule has 1 aliphatic heterocycles. The van der Waals surface area contributed by atoms with Crippen LogP contribution < -0.4 is 9.80 Å². The van der Waals surface area contributed by atoms with Gasteiger partial charge >= 0.3 is 6.18 Å². The summed E-state index contributed by atoms with van der Waals surface area (Å²) >= 11 is 5.36. The Labute approximate surface area is 169 Å². The number of pyridine rings is 1. The summed E-state index contributed by atoms with van der Waals surface area (Å²) in [6.45, 7) is 4.63. The van der Waals surface area contributed by atoms with E-state index in [1.165, 1.54) is 36.9 Å². The second kappa shape index (κ2) is 6.77. The fraction of sp³-hybridized carbons (Fsp3) is 0.263. The van der Waals surface area contributed by atoms with Gasteiger partial charge in [-0.2, -0.15) is 18.4 Å². The van der Waals surface area contributed by atoms with E-state index >= 15 is 0 Å². The predicted octanol–water partition coefficient (Wildman–Crippen LogP) is 4.34. The maximum atomic E-state index is 14.1. The number of halogens is 4. The quantitative estimate of drug-likeness (QED) is 0.532. The Morgan fingerprint density at radius 3 is 2.41 bits per heavy atom. The van der Waals surface area contributed by atoms with E-state index < -0.39 is 34.7 Å². The summed E-state index contributed by atoms with van der Waals surface area (Å²) in [6.07, 6.45) is -3.86. The van der Waals surface area contributed by atoms with Crippen LogP contribution in [0.15, 0.2) is 30.5 Å². The van der Waals surface area contributed by atoms with Crippen LogP contribution in [0.5, 0.6) is 0 Å². The number of anilines is 2. The molecule has 1 aromatic carbocycles. The molecule has 0 bridgehead atoms. The van der Waals surface area contributed by atoms with Crippen LogP contribution in [0.4, 0.5) is 28.9 Å². The smallest absolute Gasteiger partial charge is 0.303 e. The van der Waals surface area contributed by atoms with Crippen molar-refractivity contribution in [3.05, 3.63) is 53.1 Å². The summed E-state index contributed by atoms with van der Waals surface area (Å²) < 4.78 is 53.9. The van der Waals surface area contributed by atoms with Crippen molar-refractivity contribution in [1.29, 1.82) is 5.26 Å². The number of thiocarbonyl (C=S) groups is 1. The van der Waals surface area contributed by atoms with Gasteiger partial charge in [0.2, 0.25) is 0 Å². The minimum atomic E-state index is -4.84. The van der Waals surface area contributed by atoms with Crippen molar-refractivity contribution in [3.63, 3.8) is 0 Å². The molecule has 29 heavy (non-hydrogen) atoms. The highest BCUT2D eigenvalue weighted by molar-refractivity contribution is 7.81. The van der Waals surface area contributed by atoms with Gasteiger partial charge in [-0.1, -0.05) is 6.07 Å². The van der Waals surface area contributed by atoms with Crippen LogP contribution in [0.1, 0.15) is 30.7 Å². The number of nitriles is 1. The molecule has 1 amide bonds. The second-order valence-corrected chi connectivity index (χ2v) is 7.32. The normalized spacial score (nSPS) is 16.3. The van der Waals surface area contributed by atoms with E-state index in [0.717, 1.165) is 11.1 Å². The van der Waals surface area contributed by atoms with Gasteiger partial charge in [0.05, 0.1) is 17.4 Å². The van der Waals surface area contributed by atoms with E-state index in [4.69, 9.17) is 17.5 Å². The van der Waals surface area contributed by atoms with Crippen LogP contribution in [0.3, 0.4) is 0 Å². The van der Waals surface area contributed by atoms with Crippen LogP contribution in [0.25, 0.3) is 0 Å². The Morgan fingerprint density at radius 2 is 1.86 bits per heavy atom. The lowest BCUT2D eigenvalue weighted by molar-refractivity contribution is -0.138. The number of hydrogen-bond acceptors (Lipinski definition) is 4. The van der Waals surface area contributed by atoms with Crippen LogP contribution in [0.2, 0.25) is 0 Å². The minimum Gasteiger partial charge on any atom is -0.303 e. The summed E-state index contributed by atoms with van der Waals surface area (Å²) in [7, 11) is 0. The molecule has 1 aliphatic rings. The number of amides is 1. The number of carbonyl (C=O) groups is 1. The van der Waals surface area contributed by atoms with Gasteiger partial charge in [-0.25, -0.2) is 9.37 Å². The molecule has 1 saturated heterocycles. The van der Waals surface area contributed by atoms with E-state index in [-0.39, 0.29) is 16.5 Å². The highest BCUT2D eigenvalue weighted by Crippen LogP contribution is 2.39. The average Bonchev–Trinajstić information content (AvgIpc) is 2.81. The topological polar surface area (TPSA) is 60.2 Å². The van der Waals surface area contributed by atoms with Gasteiger partial charge in [-0.3, -0.25) is 9.69 Å². The zero-order valence-corrected chi connectivity index (χ0v) is 16.3. The molecule has 2 heterocycles. The van der Waals surface area contributed by atoms with E-state index in [0.29, 0.717) is 11.6 Å². The zero-order valence-electron chi connectivity index (χ0n) is 15.5. The molecule has 0 radical (unpaired) electrons. The van der Waals surface area contributed by atoms with Crippen molar-refractivity contribution < 1.29 is 22.4 Å². The molecule has 0 unspecified atom stereocenters. The van der Waals surface area contributed by atoms with E-state index in [1.807, 2.05) is 0 Å². The molecule has 1 aromatic heterocycles. The first-order valence-corrected chi connectivity index (χ1v) is 8.72. The molecule has 0 saturated carbocycles. The molecule has 10 heteroatoms. The molecule has 0 N–H and O–H groups in total. The summed E-state index contributed by atoms with van der Waals surface area (Å²) in [6, 6.07) is 6.34. The first-order chi connectivity index (χ1) is 13.4. The van der Waals surface area contributed by atoms with Crippen molar-refractivity contribution in [2.45, 2.75) is 32.5 Å². The number of benzene rings is 1. The van der Waals surface area contributed by atoms with Crippen LogP contribution in [-0.2, 0) is 11.0 Å². The van der Waals surface area contributed by atoms with Gasteiger partial charge in [0, 0.05) is 5.69 Å². The third-order valence-corrected chi connectivity index (χ3v) is 4.99. The highest BCUT2D eigenvalue weighted by Gasteiger charge is 2.51.